The second-order valence-electron chi connectivity index (χ2n) is 4.77. The van der Waals surface area contributed by atoms with Crippen molar-refractivity contribution in [3.8, 4) is 5.75 Å². The Hall–Kier alpha value is -1.92. The van der Waals surface area contributed by atoms with Crippen LogP contribution in [0.1, 0.15) is 18.9 Å². The molecule has 0 aliphatic rings. The minimum absolute atomic E-state index is 0.248. The van der Waals surface area contributed by atoms with Crippen LogP contribution in [0.25, 0.3) is 0 Å². The van der Waals surface area contributed by atoms with Crippen molar-refractivity contribution in [3.63, 3.8) is 0 Å². The van der Waals surface area contributed by atoms with E-state index in [0.29, 0.717) is 18.9 Å². The summed E-state index contributed by atoms with van der Waals surface area (Å²) in [6.07, 6.45) is 5.03. The molecule has 0 saturated carbocycles. The minimum Gasteiger partial charge on any atom is -0.494 e. The number of rotatable bonds is 8. The molecule has 6 heteroatoms. The van der Waals surface area contributed by atoms with Crippen LogP contribution in [0.3, 0.4) is 0 Å². The highest BCUT2D eigenvalue weighted by atomic mass is 32.2. The molecule has 0 radical (unpaired) electrons. The summed E-state index contributed by atoms with van der Waals surface area (Å²) in [5, 5.41) is 0. The fourth-order valence-electron chi connectivity index (χ4n) is 2.01. The van der Waals surface area contributed by atoms with Gasteiger partial charge in [0.25, 0.3) is 0 Å². The van der Waals surface area contributed by atoms with Gasteiger partial charge in [0.15, 0.2) is 0 Å². The normalized spacial score (nSPS) is 11.3. The molecule has 0 bridgehead atoms. The molecule has 0 atom stereocenters. The van der Waals surface area contributed by atoms with E-state index in [1.54, 1.807) is 36.7 Å². The van der Waals surface area contributed by atoms with Crippen molar-refractivity contribution in [2.75, 3.05) is 13.2 Å². The maximum absolute atomic E-state index is 12.1. The Bertz CT molecular complexity index is 670. The number of aryl methyl sites for hydroxylation is 1. The minimum atomic E-state index is -3.47. The Morgan fingerprint density at radius 3 is 2.59 bits per heavy atom. The molecule has 2 rings (SSSR count). The van der Waals surface area contributed by atoms with Gasteiger partial charge >= 0.3 is 0 Å². The lowest BCUT2D eigenvalue weighted by molar-refractivity contribution is 0.340. The van der Waals surface area contributed by atoms with Gasteiger partial charge in [-0.05, 0) is 55.7 Å². The van der Waals surface area contributed by atoms with Gasteiger partial charge < -0.3 is 4.74 Å². The summed E-state index contributed by atoms with van der Waals surface area (Å²) < 4.78 is 32.2. The maximum Gasteiger partial charge on any atom is 0.240 e. The summed E-state index contributed by atoms with van der Waals surface area (Å²) in [7, 11) is -3.47. The van der Waals surface area contributed by atoms with Gasteiger partial charge in [0.05, 0.1) is 11.5 Å². The van der Waals surface area contributed by atoms with Crippen molar-refractivity contribution in [1.29, 1.82) is 0 Å². The van der Waals surface area contributed by atoms with E-state index in [1.165, 1.54) is 0 Å². The standard InChI is InChI=1S/C16H20N2O3S/c1-2-21-15-7-9-16(10-8-15)22(19,20)18-12-4-6-14-5-3-11-17-13-14/h3,5,7-11,13,18H,2,4,6,12H2,1H3. The van der Waals surface area contributed by atoms with Crippen LogP contribution in [0.5, 0.6) is 5.75 Å². The van der Waals surface area contributed by atoms with Crippen LogP contribution in [0.4, 0.5) is 0 Å². The van der Waals surface area contributed by atoms with Crippen LogP contribution in [0.2, 0.25) is 0 Å². The lowest BCUT2D eigenvalue weighted by Gasteiger charge is -2.08. The molecule has 0 amide bonds. The van der Waals surface area contributed by atoms with E-state index in [2.05, 4.69) is 9.71 Å². The quantitative estimate of drug-likeness (QED) is 0.758. The summed E-state index contributed by atoms with van der Waals surface area (Å²) in [4.78, 5) is 4.28. The summed E-state index contributed by atoms with van der Waals surface area (Å²) in [6, 6.07) is 10.3. The zero-order valence-electron chi connectivity index (χ0n) is 12.5. The van der Waals surface area contributed by atoms with E-state index in [0.717, 1.165) is 18.4 Å². The molecule has 0 saturated heterocycles. The third-order valence-corrected chi connectivity index (χ3v) is 4.58. The highest BCUT2D eigenvalue weighted by molar-refractivity contribution is 7.89. The van der Waals surface area contributed by atoms with Gasteiger partial charge in [-0.1, -0.05) is 6.07 Å². The molecule has 1 heterocycles. The number of pyridine rings is 1. The molecule has 2 aromatic rings. The molecule has 0 fully saturated rings. The molecule has 1 aromatic carbocycles. The van der Waals surface area contributed by atoms with Crippen molar-refractivity contribution < 1.29 is 13.2 Å². The van der Waals surface area contributed by atoms with Gasteiger partial charge in [0, 0.05) is 18.9 Å². The van der Waals surface area contributed by atoms with E-state index in [4.69, 9.17) is 4.74 Å². The fraction of sp³-hybridized carbons (Fsp3) is 0.312. The Morgan fingerprint density at radius 1 is 1.18 bits per heavy atom. The topological polar surface area (TPSA) is 68.3 Å². The summed E-state index contributed by atoms with van der Waals surface area (Å²) >= 11 is 0. The van der Waals surface area contributed by atoms with E-state index in [-0.39, 0.29) is 4.90 Å². The largest absolute Gasteiger partial charge is 0.494 e. The van der Waals surface area contributed by atoms with Crippen LogP contribution >= 0.6 is 0 Å². The molecule has 0 aliphatic heterocycles. The summed E-state index contributed by atoms with van der Waals surface area (Å²) in [5.41, 5.74) is 1.10. The van der Waals surface area contributed by atoms with Gasteiger partial charge in [-0.25, -0.2) is 13.1 Å². The van der Waals surface area contributed by atoms with Crippen LogP contribution in [0.15, 0.2) is 53.7 Å². The lowest BCUT2D eigenvalue weighted by atomic mass is 10.2. The number of aromatic nitrogens is 1. The number of nitrogens with one attached hydrogen (secondary N) is 1. The summed E-state index contributed by atoms with van der Waals surface area (Å²) in [6.45, 7) is 2.83. The molecule has 0 aliphatic carbocycles. The first-order chi connectivity index (χ1) is 10.6. The highest BCUT2D eigenvalue weighted by Crippen LogP contribution is 2.15. The molecule has 1 N–H and O–H groups in total. The molecule has 0 spiro atoms. The van der Waals surface area contributed by atoms with Crippen molar-refractivity contribution in [2.45, 2.75) is 24.7 Å². The lowest BCUT2D eigenvalue weighted by Crippen LogP contribution is -2.25. The van der Waals surface area contributed by atoms with E-state index in [1.807, 2.05) is 19.1 Å². The van der Waals surface area contributed by atoms with Gasteiger partial charge in [0.2, 0.25) is 10.0 Å². The van der Waals surface area contributed by atoms with Gasteiger partial charge in [-0.15, -0.1) is 0 Å². The Kier molecular flexibility index (Phi) is 5.91. The van der Waals surface area contributed by atoms with Gasteiger partial charge in [-0.2, -0.15) is 0 Å². The number of nitrogens with zero attached hydrogens (tertiary/aromatic N) is 1. The first kappa shape index (κ1) is 16.5. The highest BCUT2D eigenvalue weighted by Gasteiger charge is 2.13. The second kappa shape index (κ2) is 7.91. The third kappa shape index (κ3) is 4.82. The first-order valence-electron chi connectivity index (χ1n) is 7.23. The molecule has 1 aromatic heterocycles. The average Bonchev–Trinajstić information content (AvgIpc) is 2.53. The second-order valence-corrected chi connectivity index (χ2v) is 6.53. The average molecular weight is 320 g/mol. The number of hydrogen-bond acceptors (Lipinski definition) is 4. The number of hydrogen-bond donors (Lipinski definition) is 1. The van der Waals surface area contributed by atoms with E-state index < -0.39 is 10.0 Å². The molecular formula is C16H20N2O3S. The number of ether oxygens (including phenoxy) is 1. The molecule has 5 nitrogen and oxygen atoms in total. The Labute approximate surface area is 131 Å². The van der Waals surface area contributed by atoms with Gasteiger partial charge in [0.1, 0.15) is 5.75 Å². The zero-order chi connectivity index (χ0) is 15.8. The third-order valence-electron chi connectivity index (χ3n) is 3.10. The monoisotopic (exact) mass is 320 g/mol. The number of sulfonamides is 1. The molecular weight excluding hydrogens is 300 g/mol. The van der Waals surface area contributed by atoms with Crippen LogP contribution in [0, 0.1) is 0 Å². The SMILES string of the molecule is CCOc1ccc(S(=O)(=O)NCCCc2cccnc2)cc1. The van der Waals surface area contributed by atoms with Crippen LogP contribution in [-0.2, 0) is 16.4 Å². The molecule has 0 unspecified atom stereocenters. The molecule has 22 heavy (non-hydrogen) atoms. The fourth-order valence-corrected chi connectivity index (χ4v) is 3.08. The first-order valence-corrected chi connectivity index (χ1v) is 8.71. The number of benzene rings is 1. The maximum atomic E-state index is 12.1. The predicted molar refractivity (Wildman–Crippen MR) is 85.4 cm³/mol. The van der Waals surface area contributed by atoms with Gasteiger partial charge in [-0.3, -0.25) is 4.98 Å². The molecule has 118 valence electrons. The Balaban J connectivity index is 1.85. The predicted octanol–water partition coefficient (Wildman–Crippen LogP) is 2.39. The van der Waals surface area contributed by atoms with Crippen molar-refractivity contribution in [1.82, 2.24) is 9.71 Å². The summed E-state index contributed by atoms with van der Waals surface area (Å²) in [5.74, 6) is 0.665. The smallest absolute Gasteiger partial charge is 0.240 e. The Morgan fingerprint density at radius 2 is 1.95 bits per heavy atom. The van der Waals surface area contributed by atoms with E-state index >= 15 is 0 Å². The zero-order valence-corrected chi connectivity index (χ0v) is 13.3. The van der Waals surface area contributed by atoms with Crippen molar-refractivity contribution >= 4 is 10.0 Å². The van der Waals surface area contributed by atoms with Crippen LogP contribution in [-0.4, -0.2) is 26.6 Å². The van der Waals surface area contributed by atoms with Crippen molar-refractivity contribution in [3.05, 3.63) is 54.4 Å². The van der Waals surface area contributed by atoms with E-state index in [9.17, 15) is 8.42 Å². The van der Waals surface area contributed by atoms with Crippen LogP contribution < -0.4 is 9.46 Å². The van der Waals surface area contributed by atoms with Crippen molar-refractivity contribution in [2.24, 2.45) is 0 Å².